The molecule has 21 heavy (non-hydrogen) atoms. The minimum Gasteiger partial charge on any atom is -0.395 e. The SMILES string of the molecule is OCCN(Cc1nc(C2CCCC2)no1)c1ccccc1. The molecular formula is C16H21N3O2. The highest BCUT2D eigenvalue weighted by Gasteiger charge is 2.22. The van der Waals surface area contributed by atoms with Crippen molar-refractivity contribution in [2.75, 3.05) is 18.1 Å². The highest BCUT2D eigenvalue weighted by molar-refractivity contribution is 5.45. The first-order valence-corrected chi connectivity index (χ1v) is 7.60. The maximum Gasteiger partial charge on any atom is 0.246 e. The predicted octanol–water partition coefficient (Wildman–Crippen LogP) is 2.73. The van der Waals surface area contributed by atoms with E-state index < -0.39 is 0 Å². The fraction of sp³-hybridized carbons (Fsp3) is 0.500. The highest BCUT2D eigenvalue weighted by atomic mass is 16.5. The van der Waals surface area contributed by atoms with E-state index in [1.165, 1.54) is 12.8 Å². The van der Waals surface area contributed by atoms with E-state index in [0.29, 0.717) is 24.9 Å². The summed E-state index contributed by atoms with van der Waals surface area (Å²) in [6.45, 7) is 1.17. The van der Waals surface area contributed by atoms with Crippen molar-refractivity contribution >= 4 is 5.69 Å². The molecule has 0 spiro atoms. The second-order valence-electron chi connectivity index (χ2n) is 5.51. The topological polar surface area (TPSA) is 62.4 Å². The lowest BCUT2D eigenvalue weighted by Gasteiger charge is -2.21. The lowest BCUT2D eigenvalue weighted by molar-refractivity contribution is 0.297. The summed E-state index contributed by atoms with van der Waals surface area (Å²) in [4.78, 5) is 6.59. The van der Waals surface area contributed by atoms with Crippen LogP contribution in [0, 0.1) is 0 Å². The zero-order valence-electron chi connectivity index (χ0n) is 12.1. The Morgan fingerprint density at radius 1 is 1.19 bits per heavy atom. The van der Waals surface area contributed by atoms with Gasteiger partial charge in [-0.1, -0.05) is 36.2 Å². The lowest BCUT2D eigenvalue weighted by Crippen LogP contribution is -2.26. The number of aromatic nitrogens is 2. The van der Waals surface area contributed by atoms with Crippen LogP contribution in [0.5, 0.6) is 0 Å². The Kier molecular flexibility index (Phi) is 4.50. The third kappa shape index (κ3) is 3.42. The van der Waals surface area contributed by atoms with E-state index in [0.717, 1.165) is 24.4 Å². The van der Waals surface area contributed by atoms with Crippen LogP contribution in [0.3, 0.4) is 0 Å². The molecule has 1 N–H and O–H groups in total. The van der Waals surface area contributed by atoms with Gasteiger partial charge in [0.2, 0.25) is 5.89 Å². The maximum atomic E-state index is 9.25. The maximum absolute atomic E-state index is 9.25. The van der Waals surface area contributed by atoms with Crippen LogP contribution in [0.1, 0.15) is 43.3 Å². The molecule has 0 unspecified atom stereocenters. The van der Waals surface area contributed by atoms with E-state index in [2.05, 4.69) is 10.1 Å². The zero-order valence-corrected chi connectivity index (χ0v) is 12.1. The van der Waals surface area contributed by atoms with E-state index in [9.17, 15) is 5.11 Å². The number of aliphatic hydroxyl groups excluding tert-OH is 1. The molecule has 5 nitrogen and oxygen atoms in total. The molecule has 3 rings (SSSR count). The molecule has 5 heteroatoms. The Morgan fingerprint density at radius 3 is 2.67 bits per heavy atom. The van der Waals surface area contributed by atoms with E-state index in [1.807, 2.05) is 35.2 Å². The van der Waals surface area contributed by atoms with E-state index in [1.54, 1.807) is 0 Å². The van der Waals surface area contributed by atoms with Crippen molar-refractivity contribution in [1.29, 1.82) is 0 Å². The molecule has 1 saturated carbocycles. The van der Waals surface area contributed by atoms with Crippen LogP contribution < -0.4 is 4.90 Å². The number of aliphatic hydroxyl groups is 1. The quantitative estimate of drug-likeness (QED) is 0.885. The minimum absolute atomic E-state index is 0.0957. The zero-order chi connectivity index (χ0) is 14.5. The van der Waals surface area contributed by atoms with E-state index in [4.69, 9.17) is 4.52 Å². The van der Waals surface area contributed by atoms with Gasteiger partial charge in [0.15, 0.2) is 5.82 Å². The van der Waals surface area contributed by atoms with Crippen molar-refractivity contribution in [3.8, 4) is 0 Å². The van der Waals surface area contributed by atoms with Gasteiger partial charge in [-0.2, -0.15) is 4.98 Å². The van der Waals surface area contributed by atoms with E-state index in [-0.39, 0.29) is 6.61 Å². The fourth-order valence-corrected chi connectivity index (χ4v) is 2.90. The molecular weight excluding hydrogens is 266 g/mol. The Balaban J connectivity index is 1.71. The van der Waals surface area contributed by atoms with Crippen LogP contribution in [-0.4, -0.2) is 28.4 Å². The molecule has 1 aromatic carbocycles. The smallest absolute Gasteiger partial charge is 0.246 e. The number of anilines is 1. The fourth-order valence-electron chi connectivity index (χ4n) is 2.90. The van der Waals surface area contributed by atoms with Crippen molar-refractivity contribution in [3.05, 3.63) is 42.0 Å². The Morgan fingerprint density at radius 2 is 1.95 bits per heavy atom. The monoisotopic (exact) mass is 287 g/mol. The molecule has 0 bridgehead atoms. The molecule has 1 heterocycles. The first-order valence-electron chi connectivity index (χ1n) is 7.60. The van der Waals surface area contributed by atoms with Crippen LogP contribution in [0.25, 0.3) is 0 Å². The number of benzene rings is 1. The molecule has 2 aromatic rings. The summed E-state index contributed by atoms with van der Waals surface area (Å²) in [6.07, 6.45) is 4.85. The molecule has 0 aliphatic heterocycles. The van der Waals surface area contributed by atoms with Gasteiger partial charge >= 0.3 is 0 Å². The molecule has 0 saturated heterocycles. The van der Waals surface area contributed by atoms with Gasteiger partial charge in [0, 0.05) is 18.2 Å². The standard InChI is InChI=1S/C16H21N3O2/c20-11-10-19(14-8-2-1-3-9-14)12-15-17-16(18-21-15)13-6-4-5-7-13/h1-3,8-9,13,20H,4-7,10-12H2. The molecule has 0 atom stereocenters. The Hall–Kier alpha value is -1.88. The molecule has 0 amide bonds. The largest absolute Gasteiger partial charge is 0.395 e. The normalized spacial score (nSPS) is 15.5. The highest BCUT2D eigenvalue weighted by Crippen LogP contribution is 2.32. The van der Waals surface area contributed by atoms with Gasteiger partial charge in [-0.25, -0.2) is 0 Å². The van der Waals surface area contributed by atoms with Gasteiger partial charge in [0.25, 0.3) is 0 Å². The summed E-state index contributed by atoms with van der Waals surface area (Å²) < 4.78 is 5.39. The third-order valence-corrected chi connectivity index (χ3v) is 4.02. The predicted molar refractivity (Wildman–Crippen MR) is 80.1 cm³/mol. The summed E-state index contributed by atoms with van der Waals surface area (Å²) in [7, 11) is 0. The second-order valence-corrected chi connectivity index (χ2v) is 5.51. The average molecular weight is 287 g/mol. The molecule has 1 aromatic heterocycles. The number of para-hydroxylation sites is 1. The van der Waals surface area contributed by atoms with Gasteiger partial charge in [0.05, 0.1) is 13.2 Å². The summed E-state index contributed by atoms with van der Waals surface area (Å²) >= 11 is 0. The lowest BCUT2D eigenvalue weighted by atomic mass is 10.1. The van der Waals surface area contributed by atoms with Crippen LogP contribution in [0.4, 0.5) is 5.69 Å². The number of hydrogen-bond donors (Lipinski definition) is 1. The van der Waals surface area contributed by atoms with Crippen molar-refractivity contribution in [1.82, 2.24) is 10.1 Å². The van der Waals surface area contributed by atoms with Crippen molar-refractivity contribution in [2.24, 2.45) is 0 Å². The summed E-state index contributed by atoms with van der Waals surface area (Å²) in [6, 6.07) is 9.98. The van der Waals surface area contributed by atoms with Gasteiger partial charge in [-0.15, -0.1) is 0 Å². The van der Waals surface area contributed by atoms with Gasteiger partial charge < -0.3 is 14.5 Å². The van der Waals surface area contributed by atoms with Crippen LogP contribution in [0.15, 0.2) is 34.9 Å². The molecule has 0 radical (unpaired) electrons. The van der Waals surface area contributed by atoms with Crippen LogP contribution in [-0.2, 0) is 6.54 Å². The van der Waals surface area contributed by atoms with Gasteiger partial charge in [-0.05, 0) is 25.0 Å². The third-order valence-electron chi connectivity index (χ3n) is 4.02. The van der Waals surface area contributed by atoms with Gasteiger partial charge in [0.1, 0.15) is 0 Å². The molecule has 1 aliphatic rings. The molecule has 112 valence electrons. The first-order chi connectivity index (χ1) is 10.4. The number of rotatable bonds is 6. The minimum atomic E-state index is 0.0957. The number of nitrogens with zero attached hydrogens (tertiary/aromatic N) is 3. The van der Waals surface area contributed by atoms with Crippen molar-refractivity contribution < 1.29 is 9.63 Å². The summed E-state index contributed by atoms with van der Waals surface area (Å²) in [5.41, 5.74) is 1.05. The molecule has 1 aliphatic carbocycles. The van der Waals surface area contributed by atoms with E-state index >= 15 is 0 Å². The average Bonchev–Trinajstić information content (AvgIpc) is 3.19. The summed E-state index contributed by atoms with van der Waals surface area (Å²) in [5, 5.41) is 13.4. The first kappa shape index (κ1) is 14.1. The van der Waals surface area contributed by atoms with Crippen LogP contribution in [0.2, 0.25) is 0 Å². The van der Waals surface area contributed by atoms with Crippen molar-refractivity contribution in [3.63, 3.8) is 0 Å². The molecule has 1 fully saturated rings. The van der Waals surface area contributed by atoms with Crippen LogP contribution >= 0.6 is 0 Å². The summed E-state index contributed by atoms with van der Waals surface area (Å²) in [5.74, 6) is 1.93. The Labute approximate surface area is 124 Å². The van der Waals surface area contributed by atoms with Gasteiger partial charge in [-0.3, -0.25) is 0 Å². The Bertz CT molecular complexity index is 550. The number of hydrogen-bond acceptors (Lipinski definition) is 5. The van der Waals surface area contributed by atoms with Crippen molar-refractivity contribution in [2.45, 2.75) is 38.1 Å². The second kappa shape index (κ2) is 6.72.